The first-order valence-corrected chi connectivity index (χ1v) is 9.73. The molecule has 1 aromatic carbocycles. The predicted octanol–water partition coefficient (Wildman–Crippen LogP) is 2.19. The lowest BCUT2D eigenvalue weighted by Gasteiger charge is -2.25. The van der Waals surface area contributed by atoms with Crippen molar-refractivity contribution in [1.82, 2.24) is 10.2 Å². The van der Waals surface area contributed by atoms with Crippen LogP contribution in [0.5, 0.6) is 5.75 Å². The number of nitrogens with one attached hydrogen (secondary N) is 1. The molecule has 7 heteroatoms. The molecule has 0 aromatic heterocycles. The number of nitrogens with zero attached hydrogens (tertiary/aromatic N) is 1. The van der Waals surface area contributed by atoms with Crippen LogP contribution in [0, 0.1) is 11.7 Å². The fourth-order valence-corrected chi connectivity index (χ4v) is 4.20. The zero-order valence-corrected chi connectivity index (χ0v) is 15.3. The van der Waals surface area contributed by atoms with Gasteiger partial charge in [-0.05, 0) is 18.4 Å². The number of para-hydroxylation sites is 1. The molecule has 1 aromatic rings. The number of rotatable bonds is 5. The van der Waals surface area contributed by atoms with Gasteiger partial charge < -0.3 is 15.0 Å². The van der Waals surface area contributed by atoms with E-state index in [0.717, 1.165) is 6.42 Å². The van der Waals surface area contributed by atoms with Gasteiger partial charge in [-0.1, -0.05) is 26.0 Å². The Hall–Kier alpha value is -1.76. The van der Waals surface area contributed by atoms with Crippen LogP contribution in [0.15, 0.2) is 18.2 Å². The van der Waals surface area contributed by atoms with Crippen LogP contribution in [-0.4, -0.2) is 47.0 Å². The topological polar surface area (TPSA) is 58.6 Å². The Balaban J connectivity index is 1.62. The molecule has 0 saturated carbocycles. The van der Waals surface area contributed by atoms with E-state index in [2.05, 4.69) is 19.2 Å². The first-order valence-electron chi connectivity index (χ1n) is 8.57. The Morgan fingerprint density at radius 1 is 1.44 bits per heavy atom. The van der Waals surface area contributed by atoms with Crippen LogP contribution in [-0.2, 0) is 16.0 Å². The summed E-state index contributed by atoms with van der Waals surface area (Å²) in [4.78, 5) is 26.8. The lowest BCUT2D eigenvalue weighted by atomic mass is 10.1. The summed E-state index contributed by atoms with van der Waals surface area (Å²) >= 11 is 1.55. The molecule has 0 aliphatic carbocycles. The highest BCUT2D eigenvalue weighted by molar-refractivity contribution is 7.99. The average Bonchev–Trinajstić information content (AvgIpc) is 3.21. The average molecular weight is 366 g/mol. The highest BCUT2D eigenvalue weighted by Crippen LogP contribution is 2.33. The second-order valence-electron chi connectivity index (χ2n) is 6.84. The van der Waals surface area contributed by atoms with Gasteiger partial charge in [-0.3, -0.25) is 9.59 Å². The number of benzene rings is 1. The minimum Gasteiger partial charge on any atom is -0.477 e. The van der Waals surface area contributed by atoms with Gasteiger partial charge in [0.1, 0.15) is 6.04 Å². The van der Waals surface area contributed by atoms with Gasteiger partial charge in [0.05, 0.1) is 5.88 Å². The molecule has 0 unspecified atom stereocenters. The second kappa shape index (κ2) is 7.64. The van der Waals surface area contributed by atoms with Gasteiger partial charge in [0.15, 0.2) is 17.7 Å². The van der Waals surface area contributed by atoms with Gasteiger partial charge >= 0.3 is 0 Å². The summed E-state index contributed by atoms with van der Waals surface area (Å²) in [6.45, 7) is 4.81. The Morgan fingerprint density at radius 2 is 2.24 bits per heavy atom. The smallest absolute Gasteiger partial charge is 0.265 e. The number of carbonyl (C=O) groups is 2. The minimum absolute atomic E-state index is 0.124. The molecule has 3 rings (SSSR count). The summed E-state index contributed by atoms with van der Waals surface area (Å²) in [6, 6.07) is 4.21. The molecule has 1 N–H and O–H groups in total. The molecule has 1 saturated heterocycles. The molecule has 2 aliphatic rings. The molecule has 2 heterocycles. The van der Waals surface area contributed by atoms with Gasteiger partial charge in [-0.25, -0.2) is 4.39 Å². The maximum absolute atomic E-state index is 13.8. The van der Waals surface area contributed by atoms with E-state index in [1.54, 1.807) is 28.8 Å². The maximum atomic E-state index is 13.8. The van der Waals surface area contributed by atoms with Gasteiger partial charge in [-0.2, -0.15) is 0 Å². The summed E-state index contributed by atoms with van der Waals surface area (Å²) in [5.41, 5.74) is 0.697. The fraction of sp³-hybridized carbons (Fsp3) is 0.556. The number of carbonyl (C=O) groups excluding carboxylic acids is 2. The zero-order chi connectivity index (χ0) is 18.0. The number of fused-ring (bicyclic) bond motifs is 1. The number of hydrogen-bond acceptors (Lipinski definition) is 4. The number of amides is 2. The Morgan fingerprint density at radius 3 is 2.96 bits per heavy atom. The third kappa shape index (κ3) is 3.92. The molecule has 2 atom stereocenters. The molecule has 136 valence electrons. The van der Waals surface area contributed by atoms with E-state index < -0.39 is 18.0 Å². The quantitative estimate of drug-likeness (QED) is 0.868. The van der Waals surface area contributed by atoms with Crippen LogP contribution >= 0.6 is 11.8 Å². The van der Waals surface area contributed by atoms with Crippen molar-refractivity contribution < 1.29 is 18.7 Å². The third-order valence-electron chi connectivity index (χ3n) is 4.48. The summed E-state index contributed by atoms with van der Waals surface area (Å²) < 4.78 is 19.3. The van der Waals surface area contributed by atoms with Crippen molar-refractivity contribution >= 4 is 23.6 Å². The second-order valence-corrected chi connectivity index (χ2v) is 7.84. The van der Waals surface area contributed by atoms with Gasteiger partial charge in [0, 0.05) is 24.3 Å². The molecule has 5 nitrogen and oxygen atoms in total. The van der Waals surface area contributed by atoms with Crippen LogP contribution < -0.4 is 10.1 Å². The van der Waals surface area contributed by atoms with Crippen molar-refractivity contribution in [2.24, 2.45) is 5.92 Å². The van der Waals surface area contributed by atoms with Gasteiger partial charge in [0.25, 0.3) is 5.91 Å². The molecular formula is C18H23FN2O3S. The molecule has 2 amide bonds. The monoisotopic (exact) mass is 366 g/mol. The van der Waals surface area contributed by atoms with Crippen LogP contribution in [0.1, 0.15) is 25.8 Å². The Labute approximate surface area is 151 Å². The maximum Gasteiger partial charge on any atom is 0.265 e. The SMILES string of the molecule is CC(C)CCNC(=O)[C@H]1CSCN1C(=O)[C@@H]1Cc2cccc(F)c2O1. The lowest BCUT2D eigenvalue weighted by molar-refractivity contribution is -0.143. The van der Waals surface area contributed by atoms with Crippen molar-refractivity contribution in [3.63, 3.8) is 0 Å². The summed E-state index contributed by atoms with van der Waals surface area (Å²) in [5.74, 6) is 0.881. The summed E-state index contributed by atoms with van der Waals surface area (Å²) in [5, 5.41) is 2.91. The summed E-state index contributed by atoms with van der Waals surface area (Å²) in [7, 11) is 0. The van der Waals surface area contributed by atoms with E-state index in [0.29, 0.717) is 36.1 Å². The first kappa shape index (κ1) is 18.0. The minimum atomic E-state index is -0.753. The van der Waals surface area contributed by atoms with Crippen molar-refractivity contribution in [2.75, 3.05) is 18.2 Å². The fourth-order valence-electron chi connectivity index (χ4n) is 3.03. The molecule has 25 heavy (non-hydrogen) atoms. The summed E-state index contributed by atoms with van der Waals surface area (Å²) in [6.07, 6.45) is 0.492. The normalized spacial score (nSPS) is 22.0. The number of thioether (sulfide) groups is 1. The largest absolute Gasteiger partial charge is 0.477 e. The Bertz CT molecular complexity index is 668. The molecule has 2 aliphatic heterocycles. The third-order valence-corrected chi connectivity index (χ3v) is 5.49. The molecular weight excluding hydrogens is 343 g/mol. The molecule has 0 radical (unpaired) electrons. The van der Waals surface area contributed by atoms with E-state index in [4.69, 9.17) is 4.74 Å². The first-order chi connectivity index (χ1) is 12.0. The molecule has 0 spiro atoms. The van der Waals surface area contributed by atoms with Crippen LogP contribution in [0.4, 0.5) is 4.39 Å². The van der Waals surface area contributed by atoms with E-state index in [-0.39, 0.29) is 17.6 Å². The van der Waals surface area contributed by atoms with Crippen LogP contribution in [0.2, 0.25) is 0 Å². The van der Waals surface area contributed by atoms with Crippen molar-refractivity contribution in [2.45, 2.75) is 38.8 Å². The van der Waals surface area contributed by atoms with E-state index in [1.165, 1.54) is 6.07 Å². The van der Waals surface area contributed by atoms with Crippen LogP contribution in [0.3, 0.4) is 0 Å². The van der Waals surface area contributed by atoms with Gasteiger partial charge in [0.2, 0.25) is 5.91 Å². The number of hydrogen-bond donors (Lipinski definition) is 1. The van der Waals surface area contributed by atoms with E-state index >= 15 is 0 Å². The Kier molecular flexibility index (Phi) is 5.51. The number of ether oxygens (including phenoxy) is 1. The van der Waals surface area contributed by atoms with E-state index in [1.807, 2.05) is 0 Å². The van der Waals surface area contributed by atoms with Crippen molar-refractivity contribution in [3.8, 4) is 5.75 Å². The van der Waals surface area contributed by atoms with Crippen molar-refractivity contribution in [1.29, 1.82) is 0 Å². The van der Waals surface area contributed by atoms with Crippen LogP contribution in [0.25, 0.3) is 0 Å². The highest BCUT2D eigenvalue weighted by Gasteiger charge is 2.41. The van der Waals surface area contributed by atoms with E-state index in [9.17, 15) is 14.0 Å². The zero-order valence-electron chi connectivity index (χ0n) is 14.5. The molecule has 1 fully saturated rings. The standard InChI is InChI=1S/C18H23FN2O3S/c1-11(2)6-7-20-17(22)14-9-25-10-21(14)18(23)15-8-12-4-3-5-13(19)16(12)24-15/h3-5,11,14-15H,6-10H2,1-2H3,(H,20,22)/t14-,15+/m1/s1. The molecule has 0 bridgehead atoms. The lowest BCUT2D eigenvalue weighted by Crippen LogP contribution is -2.51. The highest BCUT2D eigenvalue weighted by atomic mass is 32.2. The van der Waals surface area contributed by atoms with Crippen molar-refractivity contribution in [3.05, 3.63) is 29.6 Å². The number of halogens is 1. The predicted molar refractivity (Wildman–Crippen MR) is 94.9 cm³/mol. The van der Waals surface area contributed by atoms with Gasteiger partial charge in [-0.15, -0.1) is 11.8 Å².